The molecular formula is C30H27ClN10O8. The molecule has 7 rings (SSSR count). The molecular weight excluding hydrogens is 664 g/mol. The van der Waals surface area contributed by atoms with Crippen LogP contribution in [0.1, 0.15) is 55.7 Å². The Kier molecular flexibility index (Phi) is 9.53. The molecule has 0 spiro atoms. The molecule has 0 unspecified atom stereocenters. The van der Waals surface area contributed by atoms with Gasteiger partial charge in [0.1, 0.15) is 17.1 Å². The Labute approximate surface area is 279 Å². The molecule has 1 atom stereocenters. The van der Waals surface area contributed by atoms with E-state index in [1.165, 1.54) is 0 Å². The molecule has 0 radical (unpaired) electrons. The average Bonchev–Trinajstić information content (AvgIpc) is 3.81. The lowest BCUT2D eigenvalue weighted by Gasteiger charge is -2.14. The van der Waals surface area contributed by atoms with Gasteiger partial charge in [-0.1, -0.05) is 41.6 Å². The quantitative estimate of drug-likeness (QED) is 0.105. The molecule has 3 aromatic carbocycles. The number of nitrogen functional groups attached to an aromatic ring is 1. The van der Waals surface area contributed by atoms with Crippen molar-refractivity contribution in [3.63, 3.8) is 0 Å². The van der Waals surface area contributed by atoms with Gasteiger partial charge in [-0.3, -0.25) is 23.9 Å². The predicted molar refractivity (Wildman–Crippen MR) is 176 cm³/mol. The maximum absolute atomic E-state index is 12.8. The number of fused-ring (bicyclic) bond motifs is 2. The number of H-pyrrole nitrogens is 2. The topological polar surface area (TPSA) is 287 Å². The van der Waals surface area contributed by atoms with E-state index >= 15 is 0 Å². The number of aryl methyl sites for hydroxylation is 1. The molecule has 6 aromatic rings. The van der Waals surface area contributed by atoms with Gasteiger partial charge in [0.2, 0.25) is 0 Å². The highest BCUT2D eigenvalue weighted by Crippen LogP contribution is 2.33. The normalized spacial score (nSPS) is 13.3. The van der Waals surface area contributed by atoms with Crippen molar-refractivity contribution in [2.24, 2.45) is 5.73 Å². The summed E-state index contributed by atoms with van der Waals surface area (Å²) in [5, 5.41) is 21.0. The molecule has 18 nitrogen and oxygen atoms in total. The number of nitrogens with zero attached hydrogens (tertiary/aromatic N) is 4. The first kappa shape index (κ1) is 33.9. The number of aromatic nitrogens is 6. The maximum atomic E-state index is 12.8. The SMILES string of the molecule is Cl.NCc1cccc(CNc2c(N)c(=O)c2=O)c1.O=C(N[C@H]1CCc2cc(-c3noc(=O)[nH]3)ccc21)c1cc(C(=O)O)n2[nH]c(=O)nc2n1. The van der Waals surface area contributed by atoms with Crippen LogP contribution in [0.4, 0.5) is 11.4 Å². The summed E-state index contributed by atoms with van der Waals surface area (Å²) in [6.45, 7) is 0.916. The van der Waals surface area contributed by atoms with E-state index in [-0.39, 0.29) is 47.0 Å². The number of nitrogens with two attached hydrogens (primary N) is 2. The number of hydrogen-bond acceptors (Lipinski definition) is 13. The molecule has 1 aliphatic carbocycles. The van der Waals surface area contributed by atoms with Gasteiger partial charge in [0.25, 0.3) is 22.5 Å². The van der Waals surface area contributed by atoms with Gasteiger partial charge in [-0.2, -0.15) is 4.98 Å². The molecule has 0 fully saturated rings. The Morgan fingerprint density at radius 3 is 2.51 bits per heavy atom. The van der Waals surface area contributed by atoms with E-state index in [1.807, 2.05) is 36.4 Å². The van der Waals surface area contributed by atoms with E-state index < -0.39 is 34.2 Å². The zero-order valence-corrected chi connectivity index (χ0v) is 26.0. The van der Waals surface area contributed by atoms with Crippen molar-refractivity contribution in [2.45, 2.75) is 32.0 Å². The Hall–Kier alpha value is -6.40. The third kappa shape index (κ3) is 6.85. The Morgan fingerprint density at radius 1 is 1.04 bits per heavy atom. The third-order valence-electron chi connectivity index (χ3n) is 7.68. The van der Waals surface area contributed by atoms with Crippen LogP contribution in [0.2, 0.25) is 0 Å². The lowest BCUT2D eigenvalue weighted by Crippen LogP contribution is -2.36. The number of halogens is 1. The lowest BCUT2D eigenvalue weighted by atomic mass is 10.0. The number of aromatic carboxylic acids is 1. The first-order chi connectivity index (χ1) is 23.0. The van der Waals surface area contributed by atoms with Gasteiger partial charge in [-0.15, -0.1) is 12.4 Å². The standard InChI is InChI=1S/C18H13N7O6.C12H13N3O2.ClH/c26-14(11-6-12(15(27)28)25-16(20-11)22-17(29)23-25)19-10-4-2-7-5-8(1-3-9(7)10)13-21-18(30)31-24-13;13-5-7-2-1-3-8(4-7)6-15-10-9(14)11(16)12(10)17;/h1,3,5-6,10H,2,4H2,(H,19,26)(H,23,29)(H,27,28)(H,21,24,30);1-4,15H,5-6,13-14H2;1H/t10-;;/m0../s1. The van der Waals surface area contributed by atoms with Gasteiger partial charge in [-0.25, -0.2) is 29.0 Å². The van der Waals surface area contributed by atoms with E-state index in [0.717, 1.165) is 32.8 Å². The van der Waals surface area contributed by atoms with Crippen molar-refractivity contribution in [1.82, 2.24) is 35.0 Å². The van der Waals surface area contributed by atoms with Crippen molar-refractivity contribution in [3.05, 3.63) is 124 Å². The van der Waals surface area contributed by atoms with Gasteiger partial charge in [0.05, 0.1) is 6.04 Å². The van der Waals surface area contributed by atoms with Crippen molar-refractivity contribution in [3.8, 4) is 11.4 Å². The number of amides is 1. The van der Waals surface area contributed by atoms with Gasteiger partial charge in [0, 0.05) is 24.7 Å². The minimum Gasteiger partial charge on any atom is -0.477 e. The molecule has 9 N–H and O–H groups in total. The van der Waals surface area contributed by atoms with Crippen LogP contribution >= 0.6 is 12.4 Å². The zero-order valence-electron chi connectivity index (χ0n) is 25.2. The van der Waals surface area contributed by atoms with E-state index in [0.29, 0.717) is 37.3 Å². The van der Waals surface area contributed by atoms with Crippen LogP contribution in [0.5, 0.6) is 0 Å². The molecule has 49 heavy (non-hydrogen) atoms. The molecule has 252 valence electrons. The number of carbonyl (C=O) groups excluding carboxylic acids is 1. The first-order valence-electron chi connectivity index (χ1n) is 14.4. The van der Waals surface area contributed by atoms with E-state index in [1.54, 1.807) is 6.07 Å². The molecule has 19 heteroatoms. The number of hydrogen-bond donors (Lipinski definition) is 7. The number of carbonyl (C=O) groups is 2. The van der Waals surface area contributed by atoms with Crippen LogP contribution in [-0.2, 0) is 19.5 Å². The second kappa shape index (κ2) is 13.8. The van der Waals surface area contributed by atoms with Crippen LogP contribution < -0.4 is 44.4 Å². The highest BCUT2D eigenvalue weighted by atomic mass is 35.5. The maximum Gasteiger partial charge on any atom is 0.439 e. The fraction of sp³-hybridized carbons (Fsp3) is 0.167. The second-order valence-electron chi connectivity index (χ2n) is 10.7. The fourth-order valence-electron chi connectivity index (χ4n) is 5.31. The highest BCUT2D eigenvalue weighted by molar-refractivity contribution is 5.96. The van der Waals surface area contributed by atoms with Crippen molar-refractivity contribution >= 4 is 41.4 Å². The summed E-state index contributed by atoms with van der Waals surface area (Å²) in [4.78, 5) is 78.9. The Morgan fingerprint density at radius 2 is 1.82 bits per heavy atom. The second-order valence-corrected chi connectivity index (χ2v) is 10.7. The number of benzene rings is 2. The smallest absolute Gasteiger partial charge is 0.439 e. The van der Waals surface area contributed by atoms with Crippen LogP contribution in [0.3, 0.4) is 0 Å². The average molecular weight is 691 g/mol. The highest BCUT2D eigenvalue weighted by Gasteiger charge is 2.27. The summed E-state index contributed by atoms with van der Waals surface area (Å²) in [6, 6.07) is 13.9. The molecule has 3 heterocycles. The number of rotatable bonds is 8. The monoisotopic (exact) mass is 690 g/mol. The molecule has 0 saturated heterocycles. The number of carboxylic acids is 1. The van der Waals surface area contributed by atoms with Crippen molar-refractivity contribution < 1.29 is 19.2 Å². The summed E-state index contributed by atoms with van der Waals surface area (Å²) in [5.41, 5.74) is 13.3. The van der Waals surface area contributed by atoms with E-state index in [4.69, 9.17) is 11.5 Å². The molecule has 0 bridgehead atoms. The zero-order chi connectivity index (χ0) is 34.1. The van der Waals surface area contributed by atoms with Gasteiger partial charge in [-0.05, 0) is 41.2 Å². The van der Waals surface area contributed by atoms with Crippen LogP contribution in [0.15, 0.2) is 72.2 Å². The molecule has 3 aromatic heterocycles. The van der Waals surface area contributed by atoms with Crippen LogP contribution in [-0.4, -0.2) is 46.7 Å². The molecule has 1 amide bonds. The number of aromatic amines is 2. The summed E-state index contributed by atoms with van der Waals surface area (Å²) in [7, 11) is 0. The molecule has 0 saturated carbocycles. The van der Waals surface area contributed by atoms with E-state index in [9.17, 15) is 33.9 Å². The van der Waals surface area contributed by atoms with Crippen LogP contribution in [0, 0.1) is 0 Å². The third-order valence-corrected chi connectivity index (χ3v) is 7.68. The molecule has 1 aliphatic rings. The Bertz CT molecular complexity index is 2400. The summed E-state index contributed by atoms with van der Waals surface area (Å²) < 4.78 is 5.43. The minimum atomic E-state index is -1.35. The predicted octanol–water partition coefficient (Wildman–Crippen LogP) is 0.234. The van der Waals surface area contributed by atoms with E-state index in [2.05, 4.69) is 40.4 Å². The van der Waals surface area contributed by atoms with Gasteiger partial charge in [0.15, 0.2) is 11.5 Å². The molecule has 0 aliphatic heterocycles. The number of anilines is 2. The summed E-state index contributed by atoms with van der Waals surface area (Å²) >= 11 is 0. The van der Waals surface area contributed by atoms with Crippen molar-refractivity contribution in [1.29, 1.82) is 0 Å². The first-order valence-corrected chi connectivity index (χ1v) is 14.4. The van der Waals surface area contributed by atoms with Crippen LogP contribution in [0.25, 0.3) is 17.2 Å². The Balaban J connectivity index is 0.000000221. The number of carboxylic acid groups (broad SMARTS) is 1. The van der Waals surface area contributed by atoms with Crippen molar-refractivity contribution in [2.75, 3.05) is 11.1 Å². The number of nitrogens with one attached hydrogen (secondary N) is 4. The lowest BCUT2D eigenvalue weighted by molar-refractivity contribution is 0.0687. The minimum absolute atomic E-state index is 0. The largest absolute Gasteiger partial charge is 0.477 e. The summed E-state index contributed by atoms with van der Waals surface area (Å²) in [6.07, 6.45) is 1.30. The van der Waals surface area contributed by atoms with Gasteiger partial charge >= 0.3 is 17.4 Å². The van der Waals surface area contributed by atoms with Gasteiger partial charge < -0.3 is 27.2 Å². The fourth-order valence-corrected chi connectivity index (χ4v) is 5.31. The summed E-state index contributed by atoms with van der Waals surface area (Å²) in [5.74, 6) is -2.49.